The average Bonchev–Trinajstić information content (AvgIpc) is 3.76. The van der Waals surface area contributed by atoms with Crippen molar-refractivity contribution >= 4 is 37.1 Å². The fourth-order valence-corrected chi connectivity index (χ4v) is 10.1. The molecule has 366 valence electrons. The first-order valence-electron chi connectivity index (χ1n) is 23.3. The molecule has 65 heavy (non-hydrogen) atoms. The van der Waals surface area contributed by atoms with Gasteiger partial charge in [-0.2, -0.15) is 0 Å². The molecule has 1 aromatic carbocycles. The van der Waals surface area contributed by atoms with Crippen molar-refractivity contribution in [1.82, 2.24) is 24.5 Å². The van der Waals surface area contributed by atoms with E-state index in [2.05, 4.69) is 14.9 Å². The van der Waals surface area contributed by atoms with E-state index in [4.69, 9.17) is 20.0 Å². The lowest BCUT2D eigenvalue weighted by Crippen LogP contribution is -2.56. The molecule has 3 rings (SSSR count). The number of azide groups is 1. The molecule has 2 aliphatic heterocycles. The molecular weight excluding hydrogens is 854 g/mol. The molecule has 8 atom stereocenters. The van der Waals surface area contributed by atoms with E-state index >= 15 is 0 Å². The number of ether oxygens (including phenoxy) is 2. The molecule has 2 fully saturated rings. The largest absolute Gasteiger partial charge is 0.379 e. The first kappa shape index (κ1) is 55.3. The number of nitrogens with zero attached hydrogens (tertiary/aromatic N) is 9. The third-order valence-corrected chi connectivity index (χ3v) is 14.6. The quantitative estimate of drug-likeness (QED) is 0.0233. The van der Waals surface area contributed by atoms with E-state index < -0.39 is 49.5 Å². The number of amides is 3. The number of hydrogen-bond donors (Lipinski definition) is 2. The number of benzene rings is 1. The standard InChI is InChI=1S/C46H78N9O9P/c1-11-33(4)43(52(8)45(59)42(32(2)3)49-46(51(6)7)54-27-25-53(26-28-54)40(57)22-16-13-17-23-48-50-47)39(63-9)31-41(58)55-24-18-21-37(55)44(64-10)34(5)38(56)30-36(65(60,61)62)29-35-19-14-12-15-20-35/h12,14-15,19-20,32-34,36-37,39,42-44H,11,13,16-18,21-31H2,1-10H3,(H2,60,61,62)/t33-,34-,36+,37-,39+,42-,43-,44+/m0/s1. The van der Waals surface area contributed by atoms with Crippen LogP contribution >= 0.6 is 7.60 Å². The van der Waals surface area contributed by atoms with Crippen LogP contribution in [0, 0.1) is 17.8 Å². The van der Waals surface area contributed by atoms with Crippen molar-refractivity contribution in [2.24, 2.45) is 27.9 Å². The SMILES string of the molecule is CC[C@H](C)[C@@H]([C@@H](CC(=O)N1CCC[C@H]1[C@H](OC)[C@@H](C)C(=O)C[C@@H](Cc1ccccc1)P(=O)(O)O)OC)N(C)C(=O)[C@@H](N=C(N(C)C)N1CCN(C(=O)CCCCCN=[N+]=[N-])CC1)C(C)C. The highest BCUT2D eigenvalue weighted by molar-refractivity contribution is 7.52. The summed E-state index contributed by atoms with van der Waals surface area (Å²) in [5.41, 5.74) is 8.00. The second kappa shape index (κ2) is 26.9. The van der Waals surface area contributed by atoms with E-state index in [0.717, 1.165) is 24.8 Å². The lowest BCUT2D eigenvalue weighted by Gasteiger charge is -2.41. The first-order chi connectivity index (χ1) is 30.8. The van der Waals surface area contributed by atoms with Crippen molar-refractivity contribution in [2.75, 3.05) is 74.6 Å². The number of aliphatic imine (C=N–C) groups is 1. The number of rotatable bonds is 25. The summed E-state index contributed by atoms with van der Waals surface area (Å²) in [6.07, 6.45) is 3.08. The third kappa shape index (κ3) is 16.1. The zero-order chi connectivity index (χ0) is 48.4. The molecule has 0 unspecified atom stereocenters. The summed E-state index contributed by atoms with van der Waals surface area (Å²) < 4.78 is 24.6. The summed E-state index contributed by atoms with van der Waals surface area (Å²) in [5.74, 6) is -0.941. The maximum atomic E-state index is 14.7. The van der Waals surface area contributed by atoms with Crippen LogP contribution in [-0.2, 0) is 39.6 Å². The summed E-state index contributed by atoms with van der Waals surface area (Å²) in [6, 6.07) is 7.28. The van der Waals surface area contributed by atoms with Crippen LogP contribution in [0.2, 0.25) is 0 Å². The van der Waals surface area contributed by atoms with E-state index in [1.807, 2.05) is 57.7 Å². The van der Waals surface area contributed by atoms with Gasteiger partial charge in [0, 0.05) is 98.3 Å². The van der Waals surface area contributed by atoms with Gasteiger partial charge < -0.3 is 43.8 Å². The Kier molecular flexibility index (Phi) is 22.9. The Bertz CT molecular complexity index is 1800. The summed E-state index contributed by atoms with van der Waals surface area (Å²) >= 11 is 0. The second-order valence-electron chi connectivity index (χ2n) is 18.3. The van der Waals surface area contributed by atoms with Crippen LogP contribution in [0.5, 0.6) is 0 Å². The van der Waals surface area contributed by atoms with Gasteiger partial charge in [0.15, 0.2) is 5.96 Å². The Balaban J connectivity index is 1.76. The van der Waals surface area contributed by atoms with Gasteiger partial charge in [-0.25, -0.2) is 4.99 Å². The summed E-state index contributed by atoms with van der Waals surface area (Å²) in [4.78, 5) is 93.5. The van der Waals surface area contributed by atoms with Crippen molar-refractivity contribution in [3.8, 4) is 0 Å². The summed E-state index contributed by atoms with van der Waals surface area (Å²) in [5, 5.41) is 3.55. The van der Waals surface area contributed by atoms with E-state index in [1.54, 1.807) is 55.1 Å². The van der Waals surface area contributed by atoms with Gasteiger partial charge >= 0.3 is 7.60 Å². The van der Waals surface area contributed by atoms with Crippen molar-refractivity contribution < 1.29 is 43.0 Å². The van der Waals surface area contributed by atoms with Crippen LogP contribution in [0.1, 0.15) is 98.0 Å². The number of carbonyl (C=O) groups excluding carboxylic acids is 4. The van der Waals surface area contributed by atoms with Crippen molar-refractivity contribution in [3.63, 3.8) is 0 Å². The zero-order valence-corrected chi connectivity index (χ0v) is 41.5. The normalized spacial score (nSPS) is 19.2. The fraction of sp³-hybridized carbons (Fsp3) is 0.761. The number of methoxy groups -OCH3 is 2. The Morgan fingerprint density at radius 2 is 1.55 bits per heavy atom. The van der Waals surface area contributed by atoms with Gasteiger partial charge in [0.1, 0.15) is 11.8 Å². The zero-order valence-electron chi connectivity index (χ0n) is 40.6. The smallest absolute Gasteiger partial charge is 0.329 e. The van der Waals surface area contributed by atoms with Gasteiger partial charge in [-0.3, -0.25) is 23.7 Å². The van der Waals surface area contributed by atoms with Gasteiger partial charge in [-0.05, 0) is 55.0 Å². The monoisotopic (exact) mass is 932 g/mol. The maximum absolute atomic E-state index is 14.7. The van der Waals surface area contributed by atoms with E-state index in [1.165, 1.54) is 7.11 Å². The molecule has 2 aliphatic rings. The fourth-order valence-electron chi connectivity index (χ4n) is 9.25. The Hall–Kier alpha value is -4.05. The molecule has 0 aromatic heterocycles. The molecular formula is C46H78N9O9P. The Labute approximate surface area is 387 Å². The van der Waals surface area contributed by atoms with Crippen molar-refractivity contribution in [1.29, 1.82) is 0 Å². The topological polar surface area (TPSA) is 222 Å². The maximum Gasteiger partial charge on any atom is 0.329 e. The van der Waals surface area contributed by atoms with E-state index in [-0.39, 0.29) is 54.6 Å². The lowest BCUT2D eigenvalue weighted by atomic mass is 9.88. The van der Waals surface area contributed by atoms with Crippen molar-refractivity contribution in [3.05, 3.63) is 46.3 Å². The molecule has 2 saturated heterocycles. The molecule has 1 aromatic rings. The van der Waals surface area contributed by atoms with Crippen molar-refractivity contribution in [2.45, 2.75) is 135 Å². The number of unbranched alkanes of at least 4 members (excludes halogenated alkanes) is 2. The molecule has 0 aliphatic carbocycles. The minimum atomic E-state index is -4.62. The van der Waals surface area contributed by atoms with Gasteiger partial charge in [0.05, 0.1) is 36.4 Å². The van der Waals surface area contributed by atoms with Gasteiger partial charge in [0.2, 0.25) is 17.7 Å². The van der Waals surface area contributed by atoms with Gasteiger partial charge in [0.25, 0.3) is 0 Å². The number of likely N-dealkylation sites (N-methyl/N-ethyl adjacent to an activating group) is 1. The molecule has 19 heteroatoms. The number of guanidine groups is 1. The summed E-state index contributed by atoms with van der Waals surface area (Å²) in [6.45, 7) is 12.8. The molecule has 2 heterocycles. The molecule has 0 radical (unpaired) electrons. The van der Waals surface area contributed by atoms with Crippen LogP contribution < -0.4 is 0 Å². The van der Waals surface area contributed by atoms with Crippen LogP contribution in [0.4, 0.5) is 0 Å². The third-order valence-electron chi connectivity index (χ3n) is 13.2. The summed E-state index contributed by atoms with van der Waals surface area (Å²) in [7, 11) is 3.98. The number of hydrogen-bond acceptors (Lipinski definition) is 9. The molecule has 3 amide bonds. The van der Waals surface area contributed by atoms with E-state index in [9.17, 15) is 33.5 Å². The predicted octanol–water partition coefficient (Wildman–Crippen LogP) is 5.61. The second-order valence-corrected chi connectivity index (χ2v) is 20.2. The van der Waals surface area contributed by atoms with Crippen LogP contribution in [0.3, 0.4) is 0 Å². The Morgan fingerprint density at radius 3 is 2.11 bits per heavy atom. The minimum absolute atomic E-state index is 0.0208. The van der Waals surface area contributed by atoms with Crippen LogP contribution in [0.15, 0.2) is 40.4 Å². The van der Waals surface area contributed by atoms with Crippen LogP contribution in [0.25, 0.3) is 10.4 Å². The Morgan fingerprint density at radius 1 is 0.908 bits per heavy atom. The van der Waals surface area contributed by atoms with Crippen LogP contribution in [-0.4, -0.2) is 174 Å². The number of Topliss-reactive ketones (excluding diaryl/α,β-unsaturated/α-hetero) is 1. The first-order valence-corrected chi connectivity index (χ1v) is 25.0. The minimum Gasteiger partial charge on any atom is -0.379 e. The molecule has 0 bridgehead atoms. The molecule has 2 N–H and O–H groups in total. The number of piperazine rings is 1. The molecule has 18 nitrogen and oxygen atoms in total. The van der Waals surface area contributed by atoms with Gasteiger partial charge in [-0.15, -0.1) is 0 Å². The predicted molar refractivity (Wildman–Crippen MR) is 252 cm³/mol. The van der Waals surface area contributed by atoms with E-state index in [0.29, 0.717) is 70.9 Å². The highest BCUT2D eigenvalue weighted by atomic mass is 31.2. The molecule has 0 saturated carbocycles. The van der Waals surface area contributed by atoms with Gasteiger partial charge in [-0.1, -0.05) is 82.9 Å². The number of ketones is 1. The highest BCUT2D eigenvalue weighted by Crippen LogP contribution is 2.45. The average molecular weight is 932 g/mol. The highest BCUT2D eigenvalue weighted by Gasteiger charge is 2.44. The molecule has 0 spiro atoms. The number of likely N-dealkylation sites (tertiary alicyclic amines) is 1. The lowest BCUT2D eigenvalue weighted by molar-refractivity contribution is -0.146. The number of carbonyl (C=O) groups is 4.